The first-order chi connectivity index (χ1) is 11.3. The summed E-state index contributed by atoms with van der Waals surface area (Å²) in [6.07, 6.45) is 1.23. The summed E-state index contributed by atoms with van der Waals surface area (Å²) in [5.41, 5.74) is 0.211. The molecular weight excluding hydrogens is 314 g/mol. The molecule has 0 bridgehead atoms. The minimum Gasteiger partial charge on any atom is -0.487 e. The van der Waals surface area contributed by atoms with Gasteiger partial charge >= 0.3 is 11.9 Å². The van der Waals surface area contributed by atoms with Gasteiger partial charge in [-0.25, -0.2) is 9.59 Å². The number of carbonyl (C=O) groups excluding carboxylic acids is 3. The van der Waals surface area contributed by atoms with Crippen LogP contribution in [-0.2, 0) is 19.1 Å². The molecule has 7 nitrogen and oxygen atoms in total. The molecule has 0 aliphatic carbocycles. The lowest BCUT2D eigenvalue weighted by Gasteiger charge is -2.31. The number of ether oxygens (including phenoxy) is 3. The van der Waals surface area contributed by atoms with E-state index in [0.29, 0.717) is 17.0 Å². The number of rotatable bonds is 4. The van der Waals surface area contributed by atoms with Crippen molar-refractivity contribution < 1.29 is 28.6 Å². The van der Waals surface area contributed by atoms with E-state index in [4.69, 9.17) is 4.74 Å². The number of nitrogens with one attached hydrogen (secondary N) is 1. The summed E-state index contributed by atoms with van der Waals surface area (Å²) in [6, 6.07) is 4.85. The predicted octanol–water partition coefficient (Wildman–Crippen LogP) is 2.07. The number of hydrogen-bond donors (Lipinski definition) is 1. The summed E-state index contributed by atoms with van der Waals surface area (Å²) in [6.45, 7) is 3.68. The molecule has 0 fully saturated rings. The molecule has 128 valence electrons. The Hall–Kier alpha value is -2.83. The highest BCUT2D eigenvalue weighted by Crippen LogP contribution is 2.34. The van der Waals surface area contributed by atoms with Gasteiger partial charge in [0.15, 0.2) is 5.78 Å². The Balaban J connectivity index is 2.31. The maximum Gasteiger partial charge on any atom is 0.354 e. The second-order valence-electron chi connectivity index (χ2n) is 5.87. The van der Waals surface area contributed by atoms with E-state index in [-0.39, 0.29) is 17.9 Å². The van der Waals surface area contributed by atoms with E-state index in [1.807, 2.05) is 13.8 Å². The van der Waals surface area contributed by atoms with Crippen molar-refractivity contribution >= 4 is 23.4 Å². The molecule has 1 aliphatic rings. The van der Waals surface area contributed by atoms with Crippen LogP contribution in [0.25, 0.3) is 0 Å². The Morgan fingerprint density at radius 3 is 2.58 bits per heavy atom. The van der Waals surface area contributed by atoms with Crippen molar-refractivity contribution in [2.75, 3.05) is 19.5 Å². The normalized spacial score (nSPS) is 15.8. The molecule has 2 rings (SSSR count). The summed E-state index contributed by atoms with van der Waals surface area (Å²) in [7, 11) is 2.39. The molecule has 1 aliphatic heterocycles. The Morgan fingerprint density at radius 2 is 1.96 bits per heavy atom. The minimum absolute atomic E-state index is 0.0542. The summed E-state index contributed by atoms with van der Waals surface area (Å²) < 4.78 is 14.9. The molecule has 1 N–H and O–H groups in total. The SMILES string of the molecule is COC(=O)/C=C(/Nc1ccc2c(c1)C(=O)CC(C)(C)O2)C(=O)OC. The fraction of sp³-hybridized carbons (Fsp3) is 0.353. The van der Waals surface area contributed by atoms with Crippen LogP contribution >= 0.6 is 0 Å². The smallest absolute Gasteiger partial charge is 0.354 e. The van der Waals surface area contributed by atoms with Gasteiger partial charge < -0.3 is 19.5 Å². The van der Waals surface area contributed by atoms with Gasteiger partial charge in [0.05, 0.1) is 32.3 Å². The molecule has 0 unspecified atom stereocenters. The minimum atomic E-state index is -0.734. The summed E-state index contributed by atoms with van der Waals surface area (Å²) in [5, 5.41) is 2.76. The Kier molecular flexibility index (Phi) is 4.92. The number of fused-ring (bicyclic) bond motifs is 1. The molecular formula is C17H19NO6. The highest BCUT2D eigenvalue weighted by Gasteiger charge is 2.32. The maximum absolute atomic E-state index is 12.3. The molecule has 0 spiro atoms. The van der Waals surface area contributed by atoms with Crippen molar-refractivity contribution in [1.29, 1.82) is 0 Å². The highest BCUT2D eigenvalue weighted by atomic mass is 16.5. The first-order valence-electron chi connectivity index (χ1n) is 7.27. The zero-order valence-corrected chi connectivity index (χ0v) is 14.0. The van der Waals surface area contributed by atoms with Crippen LogP contribution < -0.4 is 10.1 Å². The molecule has 0 saturated heterocycles. The summed E-state index contributed by atoms with van der Waals surface area (Å²) in [5.74, 6) is -1.01. The van der Waals surface area contributed by atoms with Gasteiger partial charge in [0.2, 0.25) is 0 Å². The van der Waals surface area contributed by atoms with E-state index in [0.717, 1.165) is 6.08 Å². The quantitative estimate of drug-likeness (QED) is 0.666. The number of esters is 2. The van der Waals surface area contributed by atoms with Crippen LogP contribution in [0.15, 0.2) is 30.0 Å². The average Bonchev–Trinajstić information content (AvgIpc) is 2.52. The highest BCUT2D eigenvalue weighted by molar-refractivity contribution is 6.02. The van der Waals surface area contributed by atoms with Crippen molar-refractivity contribution in [3.8, 4) is 5.75 Å². The van der Waals surface area contributed by atoms with E-state index < -0.39 is 17.5 Å². The van der Waals surface area contributed by atoms with Crippen LogP contribution in [0.4, 0.5) is 5.69 Å². The molecule has 0 radical (unpaired) electrons. The van der Waals surface area contributed by atoms with Gasteiger partial charge in [0.25, 0.3) is 0 Å². The Bertz CT molecular complexity index is 720. The van der Waals surface area contributed by atoms with Crippen molar-refractivity contribution in [3.05, 3.63) is 35.5 Å². The second kappa shape index (κ2) is 6.74. The van der Waals surface area contributed by atoms with Gasteiger partial charge in [-0.05, 0) is 32.0 Å². The third kappa shape index (κ3) is 3.92. The average molecular weight is 333 g/mol. The topological polar surface area (TPSA) is 90.9 Å². The maximum atomic E-state index is 12.3. The van der Waals surface area contributed by atoms with Crippen LogP contribution in [-0.4, -0.2) is 37.5 Å². The fourth-order valence-electron chi connectivity index (χ4n) is 2.32. The van der Waals surface area contributed by atoms with Crippen LogP contribution in [0.2, 0.25) is 0 Å². The first-order valence-corrected chi connectivity index (χ1v) is 7.27. The largest absolute Gasteiger partial charge is 0.487 e. The van der Waals surface area contributed by atoms with Crippen LogP contribution in [0.1, 0.15) is 30.6 Å². The van der Waals surface area contributed by atoms with E-state index >= 15 is 0 Å². The standard InChI is InChI=1S/C17H19NO6/c1-17(2)9-13(19)11-7-10(5-6-14(11)24-17)18-12(16(21)23-4)8-15(20)22-3/h5-8,18H,9H2,1-4H3/b12-8+. The van der Waals surface area contributed by atoms with Gasteiger partial charge in [-0.2, -0.15) is 0 Å². The summed E-state index contributed by atoms with van der Waals surface area (Å²) in [4.78, 5) is 35.4. The molecule has 24 heavy (non-hydrogen) atoms. The number of methoxy groups -OCH3 is 2. The lowest BCUT2D eigenvalue weighted by molar-refractivity contribution is -0.138. The number of anilines is 1. The van der Waals surface area contributed by atoms with Gasteiger partial charge in [0.1, 0.15) is 17.0 Å². The van der Waals surface area contributed by atoms with Crippen molar-refractivity contribution in [2.45, 2.75) is 25.9 Å². The molecule has 0 atom stereocenters. The van der Waals surface area contributed by atoms with Crippen LogP contribution in [0.3, 0.4) is 0 Å². The third-order valence-electron chi connectivity index (χ3n) is 3.40. The molecule has 0 amide bonds. The molecule has 7 heteroatoms. The third-order valence-corrected chi connectivity index (χ3v) is 3.40. The number of Topliss-reactive ketones (excluding diaryl/α,β-unsaturated/α-hetero) is 1. The lowest BCUT2D eigenvalue weighted by Crippen LogP contribution is -2.35. The predicted molar refractivity (Wildman–Crippen MR) is 85.8 cm³/mol. The van der Waals surface area contributed by atoms with Crippen LogP contribution in [0.5, 0.6) is 5.75 Å². The Labute approximate surface area is 139 Å². The van der Waals surface area contributed by atoms with E-state index in [1.165, 1.54) is 14.2 Å². The zero-order valence-electron chi connectivity index (χ0n) is 14.0. The van der Waals surface area contributed by atoms with E-state index in [9.17, 15) is 14.4 Å². The Morgan fingerprint density at radius 1 is 1.25 bits per heavy atom. The first kappa shape index (κ1) is 17.5. The second-order valence-corrected chi connectivity index (χ2v) is 5.87. The fourth-order valence-corrected chi connectivity index (χ4v) is 2.32. The number of ketones is 1. The van der Waals surface area contributed by atoms with Crippen molar-refractivity contribution in [1.82, 2.24) is 0 Å². The van der Waals surface area contributed by atoms with Crippen molar-refractivity contribution in [2.24, 2.45) is 0 Å². The van der Waals surface area contributed by atoms with Gasteiger partial charge in [-0.3, -0.25) is 4.79 Å². The van der Waals surface area contributed by atoms with Gasteiger partial charge in [-0.15, -0.1) is 0 Å². The number of benzene rings is 1. The summed E-state index contributed by atoms with van der Waals surface area (Å²) >= 11 is 0. The molecule has 1 heterocycles. The van der Waals surface area contributed by atoms with Crippen molar-refractivity contribution in [3.63, 3.8) is 0 Å². The van der Waals surface area contributed by atoms with Gasteiger partial charge in [-0.1, -0.05) is 0 Å². The molecule has 1 aromatic rings. The van der Waals surface area contributed by atoms with Gasteiger partial charge in [0, 0.05) is 5.69 Å². The molecule has 0 saturated carbocycles. The van der Waals surface area contributed by atoms with Crippen LogP contribution in [0, 0.1) is 0 Å². The monoisotopic (exact) mass is 333 g/mol. The van der Waals surface area contributed by atoms with E-state index in [2.05, 4.69) is 14.8 Å². The number of carbonyl (C=O) groups is 3. The zero-order chi connectivity index (χ0) is 17.9. The molecule has 1 aromatic carbocycles. The lowest BCUT2D eigenvalue weighted by atomic mass is 9.93. The van der Waals surface area contributed by atoms with E-state index in [1.54, 1.807) is 18.2 Å². The molecule has 0 aromatic heterocycles. The number of hydrogen-bond acceptors (Lipinski definition) is 7.